The van der Waals surface area contributed by atoms with Crippen LogP contribution in [0.4, 0.5) is 0 Å². The van der Waals surface area contributed by atoms with Gasteiger partial charge in [0.1, 0.15) is 12.7 Å². The molecule has 0 amide bonds. The lowest BCUT2D eigenvalue weighted by Gasteiger charge is -2.43. The topological polar surface area (TPSA) is 141 Å². The van der Waals surface area contributed by atoms with Crippen LogP contribution in [0.1, 0.15) is 34.6 Å². The number of hydrogen-bond donors (Lipinski definition) is 0. The van der Waals surface area contributed by atoms with Crippen molar-refractivity contribution >= 4 is 29.8 Å². The molecule has 0 bridgehead atoms. The van der Waals surface area contributed by atoms with Crippen LogP contribution in [-0.2, 0) is 52.4 Å². The number of rotatable bonds is 8. The monoisotopic (exact) mass is 442 g/mol. The van der Waals surface area contributed by atoms with Crippen LogP contribution in [0.25, 0.3) is 0 Å². The average Bonchev–Trinajstić information content (AvgIpc) is 2.64. The minimum atomic E-state index is -1.51. The van der Waals surface area contributed by atoms with Gasteiger partial charge in [0.05, 0.1) is 0 Å². The molecule has 11 nitrogen and oxygen atoms in total. The van der Waals surface area contributed by atoms with E-state index in [1.807, 2.05) is 0 Å². The summed E-state index contributed by atoms with van der Waals surface area (Å²) in [6, 6.07) is 0. The average molecular weight is 442 g/mol. The minimum Gasteiger partial charge on any atom is -0.460 e. The van der Waals surface area contributed by atoms with Crippen LogP contribution in [0, 0.1) is 0 Å². The Morgan fingerprint density at radius 2 is 1.26 bits per heavy atom. The zero-order valence-corrected chi connectivity index (χ0v) is 17.9. The maximum absolute atomic E-state index is 11.9. The van der Waals surface area contributed by atoms with Crippen molar-refractivity contribution in [3.05, 3.63) is 24.3 Å². The number of carbonyl (C=O) groups is 5. The Morgan fingerprint density at radius 1 is 0.742 bits per heavy atom. The summed E-state index contributed by atoms with van der Waals surface area (Å²) in [5.41, 5.74) is 0. The molecule has 11 heteroatoms. The zero-order chi connectivity index (χ0) is 23.6. The summed E-state index contributed by atoms with van der Waals surface area (Å²) in [4.78, 5) is 58.3. The number of hydrogen-bond acceptors (Lipinski definition) is 11. The van der Waals surface area contributed by atoms with Crippen molar-refractivity contribution in [2.45, 2.75) is 65.3 Å². The van der Waals surface area contributed by atoms with Crippen molar-refractivity contribution in [1.82, 2.24) is 0 Å². The molecule has 1 heterocycles. The summed E-state index contributed by atoms with van der Waals surface area (Å²) in [7, 11) is 0. The van der Waals surface area contributed by atoms with Crippen LogP contribution >= 0.6 is 0 Å². The molecule has 1 fully saturated rings. The quantitative estimate of drug-likeness (QED) is 0.227. The van der Waals surface area contributed by atoms with E-state index in [4.69, 9.17) is 28.4 Å². The molecule has 0 saturated carbocycles. The third-order valence-electron chi connectivity index (χ3n) is 3.71. The van der Waals surface area contributed by atoms with Gasteiger partial charge in [0.25, 0.3) is 0 Å². The molecule has 0 aromatic rings. The van der Waals surface area contributed by atoms with Gasteiger partial charge in [-0.05, 0) is 6.92 Å². The highest BCUT2D eigenvalue weighted by molar-refractivity contribution is 5.82. The molecule has 5 atom stereocenters. The largest absolute Gasteiger partial charge is 0.460 e. The predicted molar refractivity (Wildman–Crippen MR) is 102 cm³/mol. The van der Waals surface area contributed by atoms with Gasteiger partial charge in [0.2, 0.25) is 12.4 Å². The van der Waals surface area contributed by atoms with Gasteiger partial charge in [-0.1, -0.05) is 18.2 Å². The fraction of sp³-hybridized carbons (Fsp3) is 0.550. The van der Waals surface area contributed by atoms with E-state index in [-0.39, 0.29) is 0 Å². The SMILES string of the molecule is C/C=C/C=C/C(=O)OCC1O[C@@H](OC(C)=O)C(OC(C)=O)C(OC(C)=O)[C@@H]1OC(C)=O. The first-order chi connectivity index (χ1) is 14.5. The molecule has 1 aliphatic rings. The Morgan fingerprint density at radius 3 is 1.77 bits per heavy atom. The molecular weight excluding hydrogens is 416 g/mol. The standard InChI is InChI=1S/C20H26O11/c1-6-7-8-9-16(25)26-10-15-17(27-11(2)21)18(28-12(3)22)19(29-13(4)23)20(31-15)30-14(5)24/h6-9,15,17-20H,10H2,1-5H3/b7-6+,9-8+/t15?,17-,18?,19?,20-/m1/s1. The summed E-state index contributed by atoms with van der Waals surface area (Å²) < 4.78 is 31.3. The van der Waals surface area contributed by atoms with Gasteiger partial charge in [0, 0.05) is 33.8 Å². The van der Waals surface area contributed by atoms with E-state index in [1.54, 1.807) is 19.1 Å². The first-order valence-electron chi connectivity index (χ1n) is 9.35. The van der Waals surface area contributed by atoms with E-state index in [1.165, 1.54) is 6.08 Å². The maximum atomic E-state index is 11.9. The number of allylic oxidation sites excluding steroid dienone is 3. The zero-order valence-electron chi connectivity index (χ0n) is 17.9. The Balaban J connectivity index is 3.23. The van der Waals surface area contributed by atoms with Crippen LogP contribution in [0.5, 0.6) is 0 Å². The lowest BCUT2D eigenvalue weighted by Crippen LogP contribution is -2.63. The molecule has 3 unspecified atom stereocenters. The van der Waals surface area contributed by atoms with E-state index < -0.39 is 67.2 Å². The van der Waals surface area contributed by atoms with Gasteiger partial charge in [0.15, 0.2) is 12.2 Å². The molecule has 172 valence electrons. The number of carbonyl (C=O) groups excluding carboxylic acids is 5. The predicted octanol–water partition coefficient (Wildman–Crippen LogP) is 0.745. The van der Waals surface area contributed by atoms with Gasteiger partial charge in [-0.15, -0.1) is 0 Å². The first kappa shape index (κ1) is 25.8. The number of esters is 5. The van der Waals surface area contributed by atoms with Crippen LogP contribution in [0.3, 0.4) is 0 Å². The van der Waals surface area contributed by atoms with Crippen molar-refractivity contribution in [2.75, 3.05) is 6.61 Å². The normalized spacial score (nSPS) is 25.6. The molecule has 31 heavy (non-hydrogen) atoms. The van der Waals surface area contributed by atoms with Crippen molar-refractivity contribution in [3.8, 4) is 0 Å². The minimum absolute atomic E-state index is 0.445. The lowest BCUT2D eigenvalue weighted by atomic mass is 9.98. The van der Waals surface area contributed by atoms with Crippen LogP contribution in [-0.4, -0.2) is 67.2 Å². The molecule has 0 aromatic heterocycles. The maximum Gasteiger partial charge on any atom is 0.330 e. The van der Waals surface area contributed by atoms with Crippen molar-refractivity contribution in [3.63, 3.8) is 0 Å². The Labute approximate surface area is 179 Å². The summed E-state index contributed by atoms with van der Waals surface area (Å²) >= 11 is 0. The highest BCUT2D eigenvalue weighted by atomic mass is 16.7. The Bertz CT molecular complexity index is 739. The molecule has 1 aliphatic heterocycles. The lowest BCUT2D eigenvalue weighted by molar-refractivity contribution is -0.300. The van der Waals surface area contributed by atoms with E-state index >= 15 is 0 Å². The first-order valence-corrected chi connectivity index (χ1v) is 9.35. The van der Waals surface area contributed by atoms with Gasteiger partial charge in [-0.3, -0.25) is 19.2 Å². The number of ether oxygens (including phenoxy) is 6. The highest BCUT2D eigenvalue weighted by Gasteiger charge is 2.53. The van der Waals surface area contributed by atoms with Gasteiger partial charge >= 0.3 is 29.8 Å². The molecule has 0 aromatic carbocycles. The van der Waals surface area contributed by atoms with Crippen LogP contribution < -0.4 is 0 Å². The third kappa shape index (κ3) is 8.99. The van der Waals surface area contributed by atoms with Gasteiger partial charge in [-0.2, -0.15) is 0 Å². The van der Waals surface area contributed by atoms with Crippen molar-refractivity contribution in [1.29, 1.82) is 0 Å². The molecule has 0 spiro atoms. The van der Waals surface area contributed by atoms with Crippen molar-refractivity contribution in [2.24, 2.45) is 0 Å². The highest BCUT2D eigenvalue weighted by Crippen LogP contribution is 2.30. The molecule has 0 N–H and O–H groups in total. The molecule has 0 radical (unpaired) electrons. The van der Waals surface area contributed by atoms with Crippen LogP contribution in [0.15, 0.2) is 24.3 Å². The van der Waals surface area contributed by atoms with Crippen LogP contribution in [0.2, 0.25) is 0 Å². The van der Waals surface area contributed by atoms with E-state index in [0.717, 1.165) is 33.8 Å². The molecule has 1 saturated heterocycles. The third-order valence-corrected chi connectivity index (χ3v) is 3.71. The second kappa shape index (κ2) is 12.5. The second-order valence-corrected chi connectivity index (χ2v) is 6.39. The van der Waals surface area contributed by atoms with E-state index in [9.17, 15) is 24.0 Å². The van der Waals surface area contributed by atoms with E-state index in [0.29, 0.717) is 0 Å². The summed E-state index contributed by atoms with van der Waals surface area (Å²) in [5.74, 6) is -3.84. The summed E-state index contributed by atoms with van der Waals surface area (Å²) in [6.45, 7) is 5.69. The Hall–Kier alpha value is -3.21. The fourth-order valence-corrected chi connectivity index (χ4v) is 2.71. The fourth-order valence-electron chi connectivity index (χ4n) is 2.71. The van der Waals surface area contributed by atoms with Gasteiger partial charge < -0.3 is 28.4 Å². The molecular formula is C20H26O11. The smallest absolute Gasteiger partial charge is 0.330 e. The summed E-state index contributed by atoms with van der Waals surface area (Å²) in [6.07, 6.45) is -0.966. The summed E-state index contributed by atoms with van der Waals surface area (Å²) in [5, 5.41) is 0. The Kier molecular flexibility index (Phi) is 10.4. The van der Waals surface area contributed by atoms with Crippen molar-refractivity contribution < 1.29 is 52.4 Å². The second-order valence-electron chi connectivity index (χ2n) is 6.39. The molecule has 1 rings (SSSR count). The van der Waals surface area contributed by atoms with E-state index in [2.05, 4.69) is 0 Å². The van der Waals surface area contributed by atoms with Gasteiger partial charge in [-0.25, -0.2) is 4.79 Å². The molecule has 0 aliphatic carbocycles.